The number of amides is 2. The fraction of sp³-hybridized carbons (Fsp3) is 0.308. The Morgan fingerprint density at radius 1 is 1.30 bits per heavy atom. The van der Waals surface area contributed by atoms with E-state index in [9.17, 15) is 4.79 Å². The van der Waals surface area contributed by atoms with Gasteiger partial charge in [0.15, 0.2) is 0 Å². The van der Waals surface area contributed by atoms with Gasteiger partial charge in [-0.25, -0.2) is 4.79 Å². The smallest absolute Gasteiger partial charge is 0.325 e. The normalized spacial score (nSPS) is 15.2. The molecule has 1 saturated heterocycles. The Morgan fingerprint density at radius 2 is 2.10 bits per heavy atom. The summed E-state index contributed by atoms with van der Waals surface area (Å²) in [6, 6.07) is 7.35. The van der Waals surface area contributed by atoms with Crippen molar-refractivity contribution in [2.75, 3.05) is 23.7 Å². The monoisotopic (exact) mass is 272 g/mol. The molecule has 7 nitrogen and oxygen atoms in total. The minimum atomic E-state index is -0.0476. The number of nitrogen functional groups attached to an aromatic ring is 1. The van der Waals surface area contributed by atoms with Crippen LogP contribution in [-0.4, -0.2) is 39.0 Å². The summed E-state index contributed by atoms with van der Waals surface area (Å²) >= 11 is 0. The highest BCUT2D eigenvalue weighted by molar-refractivity contribution is 5.96. The van der Waals surface area contributed by atoms with E-state index >= 15 is 0 Å². The topological polar surface area (TPSA) is 80.3 Å². The van der Waals surface area contributed by atoms with Gasteiger partial charge in [0.1, 0.15) is 5.69 Å². The standard InChI is InChI=1S/C13H16N6O/c1-17-8-10(15-16-17)9-18-6-7-19(13(18)20)12-5-3-2-4-11(12)14/h2-5,8H,6-7,9,14H2,1H3. The van der Waals surface area contributed by atoms with Crippen LogP contribution in [0.3, 0.4) is 0 Å². The van der Waals surface area contributed by atoms with Crippen molar-refractivity contribution >= 4 is 17.4 Å². The summed E-state index contributed by atoms with van der Waals surface area (Å²) in [6.07, 6.45) is 1.81. The predicted molar refractivity (Wildman–Crippen MR) is 75.0 cm³/mol. The minimum absolute atomic E-state index is 0.0476. The van der Waals surface area contributed by atoms with Gasteiger partial charge in [-0.1, -0.05) is 17.3 Å². The maximum Gasteiger partial charge on any atom is 0.325 e. The van der Waals surface area contributed by atoms with Gasteiger partial charge < -0.3 is 10.6 Å². The second-order valence-corrected chi connectivity index (χ2v) is 4.80. The summed E-state index contributed by atoms with van der Waals surface area (Å²) in [4.78, 5) is 15.9. The number of rotatable bonds is 3. The molecule has 2 N–H and O–H groups in total. The zero-order chi connectivity index (χ0) is 14.1. The van der Waals surface area contributed by atoms with Crippen molar-refractivity contribution in [2.24, 2.45) is 7.05 Å². The average Bonchev–Trinajstić information content (AvgIpc) is 2.99. The molecule has 1 fully saturated rings. The third-order valence-corrected chi connectivity index (χ3v) is 3.33. The number of nitrogens with zero attached hydrogens (tertiary/aromatic N) is 5. The molecule has 0 radical (unpaired) electrons. The molecule has 0 saturated carbocycles. The quantitative estimate of drug-likeness (QED) is 0.840. The number of aryl methyl sites for hydroxylation is 1. The van der Waals surface area contributed by atoms with Gasteiger partial charge >= 0.3 is 6.03 Å². The molecule has 0 unspecified atom stereocenters. The van der Waals surface area contributed by atoms with E-state index in [1.807, 2.05) is 24.4 Å². The Balaban J connectivity index is 1.76. The van der Waals surface area contributed by atoms with Gasteiger partial charge in [-0.15, -0.1) is 5.10 Å². The number of anilines is 2. The largest absolute Gasteiger partial charge is 0.397 e. The molecule has 3 rings (SSSR count). The number of nitrogens with two attached hydrogens (primary N) is 1. The Hall–Kier alpha value is -2.57. The van der Waals surface area contributed by atoms with Crippen molar-refractivity contribution in [3.05, 3.63) is 36.2 Å². The van der Waals surface area contributed by atoms with Crippen LogP contribution in [0.2, 0.25) is 0 Å². The van der Waals surface area contributed by atoms with Crippen molar-refractivity contribution in [3.63, 3.8) is 0 Å². The number of hydrogen-bond acceptors (Lipinski definition) is 4. The molecular weight excluding hydrogens is 256 g/mol. The minimum Gasteiger partial charge on any atom is -0.397 e. The molecule has 20 heavy (non-hydrogen) atoms. The first-order valence-corrected chi connectivity index (χ1v) is 6.41. The van der Waals surface area contributed by atoms with Gasteiger partial charge in [0, 0.05) is 26.3 Å². The fourth-order valence-electron chi connectivity index (χ4n) is 2.35. The summed E-state index contributed by atoms with van der Waals surface area (Å²) in [5.74, 6) is 0. The average molecular weight is 272 g/mol. The van der Waals surface area contributed by atoms with Crippen LogP contribution in [0.25, 0.3) is 0 Å². The zero-order valence-electron chi connectivity index (χ0n) is 11.2. The summed E-state index contributed by atoms with van der Waals surface area (Å²) < 4.78 is 1.63. The van der Waals surface area contributed by atoms with E-state index in [-0.39, 0.29) is 6.03 Å². The van der Waals surface area contributed by atoms with Crippen molar-refractivity contribution in [1.82, 2.24) is 19.9 Å². The van der Waals surface area contributed by atoms with Crippen molar-refractivity contribution in [1.29, 1.82) is 0 Å². The number of carbonyl (C=O) groups excluding carboxylic acids is 1. The molecule has 1 aromatic carbocycles. The highest BCUT2D eigenvalue weighted by Crippen LogP contribution is 2.26. The van der Waals surface area contributed by atoms with Gasteiger partial charge in [-0.05, 0) is 12.1 Å². The summed E-state index contributed by atoms with van der Waals surface area (Å²) in [7, 11) is 1.80. The van der Waals surface area contributed by atoms with E-state index in [1.165, 1.54) is 0 Å². The van der Waals surface area contributed by atoms with Crippen molar-refractivity contribution < 1.29 is 4.79 Å². The van der Waals surface area contributed by atoms with E-state index in [0.29, 0.717) is 25.3 Å². The van der Waals surface area contributed by atoms with Crippen LogP contribution >= 0.6 is 0 Å². The number of benzene rings is 1. The van der Waals surface area contributed by atoms with Crippen LogP contribution in [0.4, 0.5) is 16.2 Å². The van der Waals surface area contributed by atoms with Crippen molar-refractivity contribution in [3.8, 4) is 0 Å². The summed E-state index contributed by atoms with van der Waals surface area (Å²) in [5.41, 5.74) is 8.08. The Bertz CT molecular complexity index is 637. The number of para-hydroxylation sites is 2. The van der Waals surface area contributed by atoms with Gasteiger partial charge in [0.25, 0.3) is 0 Å². The van der Waals surface area contributed by atoms with E-state index in [2.05, 4.69) is 10.3 Å². The molecule has 1 aliphatic rings. The zero-order valence-corrected chi connectivity index (χ0v) is 11.2. The van der Waals surface area contributed by atoms with Crippen LogP contribution in [0.1, 0.15) is 5.69 Å². The molecule has 2 aromatic rings. The van der Waals surface area contributed by atoms with Gasteiger partial charge in [0.05, 0.1) is 17.9 Å². The predicted octanol–water partition coefficient (Wildman–Crippen LogP) is 0.839. The van der Waals surface area contributed by atoms with Crippen LogP contribution in [-0.2, 0) is 13.6 Å². The fourth-order valence-corrected chi connectivity index (χ4v) is 2.35. The molecule has 0 bridgehead atoms. The highest BCUT2D eigenvalue weighted by Gasteiger charge is 2.30. The molecule has 104 valence electrons. The number of aromatic nitrogens is 3. The van der Waals surface area contributed by atoms with E-state index in [0.717, 1.165) is 11.4 Å². The van der Waals surface area contributed by atoms with Crippen LogP contribution in [0.15, 0.2) is 30.5 Å². The lowest BCUT2D eigenvalue weighted by Gasteiger charge is -2.19. The molecule has 0 atom stereocenters. The molecule has 0 spiro atoms. The first-order valence-electron chi connectivity index (χ1n) is 6.41. The SMILES string of the molecule is Cn1cc(CN2CCN(c3ccccc3N)C2=O)nn1. The summed E-state index contributed by atoms with van der Waals surface area (Å²) in [5, 5.41) is 7.88. The number of urea groups is 1. The lowest BCUT2D eigenvalue weighted by molar-refractivity contribution is 0.218. The van der Waals surface area contributed by atoms with E-state index in [4.69, 9.17) is 5.73 Å². The van der Waals surface area contributed by atoms with Gasteiger partial charge in [-0.3, -0.25) is 9.58 Å². The molecule has 0 aliphatic carbocycles. The highest BCUT2D eigenvalue weighted by atomic mass is 16.2. The van der Waals surface area contributed by atoms with Crippen molar-refractivity contribution in [2.45, 2.75) is 6.54 Å². The molecule has 2 amide bonds. The van der Waals surface area contributed by atoms with Crippen LogP contribution in [0.5, 0.6) is 0 Å². The molecule has 1 aromatic heterocycles. The lowest BCUT2D eigenvalue weighted by atomic mass is 10.2. The van der Waals surface area contributed by atoms with E-state index < -0.39 is 0 Å². The van der Waals surface area contributed by atoms with E-state index in [1.54, 1.807) is 27.6 Å². The Kier molecular flexibility index (Phi) is 3.02. The maximum absolute atomic E-state index is 12.4. The Labute approximate surface area is 116 Å². The molecule has 1 aliphatic heterocycles. The molecular formula is C13H16N6O. The van der Waals surface area contributed by atoms with Crippen LogP contribution < -0.4 is 10.6 Å². The number of carbonyl (C=O) groups is 1. The number of hydrogen-bond donors (Lipinski definition) is 1. The third-order valence-electron chi connectivity index (χ3n) is 3.33. The van der Waals surface area contributed by atoms with Crippen LogP contribution in [0, 0.1) is 0 Å². The van der Waals surface area contributed by atoms with Gasteiger partial charge in [-0.2, -0.15) is 0 Å². The summed E-state index contributed by atoms with van der Waals surface area (Å²) in [6.45, 7) is 1.76. The first-order chi connectivity index (χ1) is 9.65. The molecule has 7 heteroatoms. The second-order valence-electron chi connectivity index (χ2n) is 4.80. The first kappa shape index (κ1) is 12.5. The lowest BCUT2D eigenvalue weighted by Crippen LogP contribution is -2.31. The second kappa shape index (κ2) is 4.84. The molecule has 2 heterocycles. The Morgan fingerprint density at radius 3 is 2.80 bits per heavy atom. The van der Waals surface area contributed by atoms with Gasteiger partial charge in [0.2, 0.25) is 0 Å². The maximum atomic E-state index is 12.4. The third kappa shape index (κ3) is 2.18.